The average Bonchev–Trinajstić information content (AvgIpc) is 2.72. The van der Waals surface area contributed by atoms with Crippen LogP contribution in [0.4, 0.5) is 0 Å². The molecule has 1 aromatic heterocycles. The summed E-state index contributed by atoms with van der Waals surface area (Å²) >= 11 is 0. The summed E-state index contributed by atoms with van der Waals surface area (Å²) in [6.45, 7) is 9.84. The number of nitrogens with one attached hydrogen (secondary N) is 1. The zero-order valence-electron chi connectivity index (χ0n) is 13.1. The molecular formula is C18H26N2. The Kier molecular flexibility index (Phi) is 5.02. The molecule has 1 unspecified atom stereocenters. The molecule has 0 aliphatic carbocycles. The van der Waals surface area contributed by atoms with E-state index in [0.717, 1.165) is 6.54 Å². The van der Waals surface area contributed by atoms with Gasteiger partial charge in [-0.1, -0.05) is 31.5 Å². The van der Waals surface area contributed by atoms with Crippen LogP contribution in [0.1, 0.15) is 43.6 Å². The molecule has 0 radical (unpaired) electrons. The van der Waals surface area contributed by atoms with E-state index in [1.165, 1.54) is 35.5 Å². The first-order chi connectivity index (χ1) is 9.63. The van der Waals surface area contributed by atoms with Gasteiger partial charge in [0.25, 0.3) is 0 Å². The number of rotatable bonds is 6. The summed E-state index contributed by atoms with van der Waals surface area (Å²) in [6.07, 6.45) is 2.47. The van der Waals surface area contributed by atoms with Crippen molar-refractivity contribution in [1.82, 2.24) is 9.88 Å². The Morgan fingerprint density at radius 1 is 1.15 bits per heavy atom. The highest BCUT2D eigenvalue weighted by atomic mass is 15.0. The van der Waals surface area contributed by atoms with Gasteiger partial charge in [0.1, 0.15) is 0 Å². The fraction of sp³-hybridized carbons (Fsp3) is 0.444. The van der Waals surface area contributed by atoms with Crippen molar-refractivity contribution in [2.45, 2.75) is 53.1 Å². The molecule has 0 aliphatic rings. The van der Waals surface area contributed by atoms with E-state index >= 15 is 0 Å². The highest BCUT2D eigenvalue weighted by molar-refractivity contribution is 5.40. The van der Waals surface area contributed by atoms with Gasteiger partial charge in [0.05, 0.1) is 0 Å². The predicted octanol–water partition coefficient (Wildman–Crippen LogP) is 4.37. The summed E-state index contributed by atoms with van der Waals surface area (Å²) in [7, 11) is 0. The monoisotopic (exact) mass is 270 g/mol. The van der Waals surface area contributed by atoms with E-state index in [0.29, 0.717) is 6.04 Å². The zero-order valence-corrected chi connectivity index (χ0v) is 13.1. The molecule has 0 spiro atoms. The van der Waals surface area contributed by atoms with E-state index in [4.69, 9.17) is 0 Å². The van der Waals surface area contributed by atoms with Crippen LogP contribution in [0.15, 0.2) is 36.4 Å². The molecule has 0 saturated carbocycles. The first-order valence-corrected chi connectivity index (χ1v) is 7.60. The summed E-state index contributed by atoms with van der Waals surface area (Å²) < 4.78 is 2.33. The third-order valence-electron chi connectivity index (χ3n) is 3.91. The zero-order chi connectivity index (χ0) is 14.5. The first kappa shape index (κ1) is 14.9. The number of nitrogens with zero attached hydrogens (tertiary/aromatic N) is 1. The van der Waals surface area contributed by atoms with Crippen molar-refractivity contribution >= 4 is 0 Å². The molecule has 0 saturated heterocycles. The largest absolute Gasteiger partial charge is 0.318 e. The van der Waals surface area contributed by atoms with Crippen molar-refractivity contribution in [1.29, 1.82) is 0 Å². The smallest absolute Gasteiger partial charge is 0.0455 e. The number of benzene rings is 1. The molecule has 20 heavy (non-hydrogen) atoms. The Balaban J connectivity index is 2.17. The lowest BCUT2D eigenvalue weighted by Gasteiger charge is -2.13. The molecule has 0 bridgehead atoms. The highest BCUT2D eigenvalue weighted by Crippen LogP contribution is 2.20. The normalized spacial score (nSPS) is 12.6. The summed E-state index contributed by atoms with van der Waals surface area (Å²) in [5.74, 6) is 0. The molecular weight excluding hydrogens is 244 g/mol. The Bertz CT molecular complexity index is 540. The molecule has 1 N–H and O–H groups in total. The number of hydrogen-bond acceptors (Lipinski definition) is 1. The lowest BCUT2D eigenvalue weighted by molar-refractivity contribution is 0.507. The average molecular weight is 270 g/mol. The van der Waals surface area contributed by atoms with E-state index in [1.807, 2.05) is 0 Å². The van der Waals surface area contributed by atoms with Crippen LogP contribution < -0.4 is 5.32 Å². The molecule has 0 aliphatic heterocycles. The molecule has 2 rings (SSSR count). The van der Waals surface area contributed by atoms with Gasteiger partial charge in [-0.2, -0.15) is 0 Å². The molecule has 0 amide bonds. The lowest BCUT2D eigenvalue weighted by Crippen LogP contribution is -2.25. The van der Waals surface area contributed by atoms with Gasteiger partial charge in [-0.3, -0.25) is 0 Å². The van der Waals surface area contributed by atoms with Gasteiger partial charge in [-0.05, 0) is 51.0 Å². The maximum atomic E-state index is 3.62. The van der Waals surface area contributed by atoms with Gasteiger partial charge in [-0.15, -0.1) is 0 Å². The van der Waals surface area contributed by atoms with Crippen LogP contribution >= 0.6 is 0 Å². The highest BCUT2D eigenvalue weighted by Gasteiger charge is 2.11. The Hall–Kier alpha value is -1.54. The predicted molar refractivity (Wildman–Crippen MR) is 86.5 cm³/mol. The number of para-hydroxylation sites is 1. The molecule has 1 aromatic carbocycles. The molecule has 1 atom stereocenters. The van der Waals surface area contributed by atoms with Crippen molar-refractivity contribution in [2.75, 3.05) is 0 Å². The van der Waals surface area contributed by atoms with Crippen LogP contribution in [-0.2, 0) is 6.54 Å². The standard InChI is InChI=1S/C18H26N2/c1-5-9-14(2)19-13-17-12-15(3)20(16(17)4)18-10-7-6-8-11-18/h6-8,10-12,14,19H,5,9,13H2,1-4H3. The van der Waals surface area contributed by atoms with Crippen molar-refractivity contribution in [2.24, 2.45) is 0 Å². The first-order valence-electron chi connectivity index (χ1n) is 7.60. The number of aryl methyl sites for hydroxylation is 1. The van der Waals surface area contributed by atoms with Crippen molar-refractivity contribution < 1.29 is 0 Å². The maximum absolute atomic E-state index is 3.62. The third kappa shape index (κ3) is 3.31. The molecule has 0 fully saturated rings. The number of aromatic nitrogens is 1. The lowest BCUT2D eigenvalue weighted by atomic mass is 10.1. The quantitative estimate of drug-likeness (QED) is 0.824. The topological polar surface area (TPSA) is 17.0 Å². The van der Waals surface area contributed by atoms with E-state index in [9.17, 15) is 0 Å². The van der Waals surface area contributed by atoms with Crippen LogP contribution in [0.5, 0.6) is 0 Å². The Labute approximate surface area is 122 Å². The van der Waals surface area contributed by atoms with Crippen molar-refractivity contribution in [3.63, 3.8) is 0 Å². The molecule has 2 nitrogen and oxygen atoms in total. The van der Waals surface area contributed by atoms with Gasteiger partial charge >= 0.3 is 0 Å². The second-order valence-corrected chi connectivity index (χ2v) is 5.64. The molecule has 2 aromatic rings. The Morgan fingerprint density at radius 3 is 2.50 bits per heavy atom. The fourth-order valence-electron chi connectivity index (χ4n) is 2.80. The van der Waals surface area contributed by atoms with Crippen LogP contribution in [0.25, 0.3) is 5.69 Å². The van der Waals surface area contributed by atoms with E-state index in [2.05, 4.69) is 74.0 Å². The van der Waals surface area contributed by atoms with E-state index in [-0.39, 0.29) is 0 Å². The third-order valence-corrected chi connectivity index (χ3v) is 3.91. The van der Waals surface area contributed by atoms with Crippen molar-refractivity contribution in [3.8, 4) is 5.69 Å². The maximum Gasteiger partial charge on any atom is 0.0455 e. The van der Waals surface area contributed by atoms with Crippen LogP contribution in [0.2, 0.25) is 0 Å². The van der Waals surface area contributed by atoms with Gasteiger partial charge in [0.15, 0.2) is 0 Å². The van der Waals surface area contributed by atoms with Crippen LogP contribution in [-0.4, -0.2) is 10.6 Å². The van der Waals surface area contributed by atoms with Gasteiger partial charge in [0.2, 0.25) is 0 Å². The van der Waals surface area contributed by atoms with Gasteiger partial charge in [0, 0.05) is 29.7 Å². The summed E-state index contributed by atoms with van der Waals surface area (Å²) in [5, 5.41) is 3.62. The molecule has 108 valence electrons. The minimum atomic E-state index is 0.583. The number of hydrogen-bond donors (Lipinski definition) is 1. The van der Waals surface area contributed by atoms with Crippen LogP contribution in [0, 0.1) is 13.8 Å². The molecule has 1 heterocycles. The second-order valence-electron chi connectivity index (χ2n) is 5.64. The minimum Gasteiger partial charge on any atom is -0.318 e. The summed E-state index contributed by atoms with van der Waals surface area (Å²) in [5.41, 5.74) is 5.28. The van der Waals surface area contributed by atoms with Crippen LogP contribution in [0.3, 0.4) is 0 Å². The van der Waals surface area contributed by atoms with Gasteiger partial charge < -0.3 is 9.88 Å². The van der Waals surface area contributed by atoms with Gasteiger partial charge in [-0.25, -0.2) is 0 Å². The summed E-state index contributed by atoms with van der Waals surface area (Å²) in [4.78, 5) is 0. The van der Waals surface area contributed by atoms with Crippen molar-refractivity contribution in [3.05, 3.63) is 53.3 Å². The summed E-state index contributed by atoms with van der Waals surface area (Å²) in [6, 6.07) is 13.5. The van der Waals surface area contributed by atoms with E-state index in [1.54, 1.807) is 0 Å². The second kappa shape index (κ2) is 6.76. The fourth-order valence-corrected chi connectivity index (χ4v) is 2.80. The molecule has 2 heteroatoms. The Morgan fingerprint density at radius 2 is 1.85 bits per heavy atom. The van der Waals surface area contributed by atoms with E-state index < -0.39 is 0 Å². The minimum absolute atomic E-state index is 0.583. The SMILES string of the molecule is CCCC(C)NCc1cc(C)n(-c2ccccc2)c1C.